The fourth-order valence-corrected chi connectivity index (χ4v) is 2.10. The standard InChI is InChI=1S/C12H18N4O3.Na/c17-9-6-13-7-14-12-11(9)16(8-15-12)5-3-1-2-4-10(18)19;/h7-9,17H,1-6H2,(H,13,14)(H,18,19);/q;+1/p-1. The van der Waals surface area contributed by atoms with E-state index in [4.69, 9.17) is 0 Å². The van der Waals surface area contributed by atoms with Gasteiger partial charge in [-0.3, -0.25) is 4.99 Å². The number of hydrogen-bond donors (Lipinski definition) is 2. The molecule has 1 aromatic rings. The van der Waals surface area contributed by atoms with Crippen molar-refractivity contribution in [3.05, 3.63) is 12.0 Å². The van der Waals surface area contributed by atoms with Crippen molar-refractivity contribution < 1.29 is 44.6 Å². The van der Waals surface area contributed by atoms with Crippen LogP contribution in [0.2, 0.25) is 0 Å². The van der Waals surface area contributed by atoms with E-state index in [1.807, 2.05) is 4.57 Å². The number of fused-ring (bicyclic) bond motifs is 1. The Bertz CT molecular complexity index is 475. The number of nitrogens with one attached hydrogen (secondary N) is 1. The van der Waals surface area contributed by atoms with Gasteiger partial charge in [0.05, 0.1) is 24.9 Å². The number of anilines is 1. The molecule has 2 heterocycles. The number of aliphatic carboxylic acids is 1. The van der Waals surface area contributed by atoms with Crippen LogP contribution >= 0.6 is 0 Å². The number of carboxylic acid groups (broad SMARTS) is 1. The average molecular weight is 288 g/mol. The van der Waals surface area contributed by atoms with Crippen molar-refractivity contribution in [1.29, 1.82) is 0 Å². The molecule has 20 heavy (non-hydrogen) atoms. The van der Waals surface area contributed by atoms with Crippen molar-refractivity contribution in [2.75, 3.05) is 11.9 Å². The molecule has 7 nitrogen and oxygen atoms in total. The van der Waals surface area contributed by atoms with Crippen molar-refractivity contribution in [3.63, 3.8) is 0 Å². The Kier molecular flexibility index (Phi) is 7.22. The minimum Gasteiger partial charge on any atom is -0.550 e. The number of carboxylic acids is 1. The van der Waals surface area contributed by atoms with E-state index < -0.39 is 12.1 Å². The molecular formula is C12H17N4NaO3. The van der Waals surface area contributed by atoms with Gasteiger partial charge in [-0.1, -0.05) is 6.42 Å². The minimum atomic E-state index is -1.01. The van der Waals surface area contributed by atoms with E-state index in [2.05, 4.69) is 15.3 Å². The van der Waals surface area contributed by atoms with Crippen LogP contribution in [-0.4, -0.2) is 33.5 Å². The predicted molar refractivity (Wildman–Crippen MR) is 67.6 cm³/mol. The largest absolute Gasteiger partial charge is 1.00 e. The summed E-state index contributed by atoms with van der Waals surface area (Å²) in [7, 11) is 0. The second kappa shape index (κ2) is 8.41. The van der Waals surface area contributed by atoms with E-state index in [0.717, 1.165) is 18.5 Å². The van der Waals surface area contributed by atoms with E-state index in [1.54, 1.807) is 6.33 Å². The molecule has 104 valence electrons. The third-order valence-electron chi connectivity index (χ3n) is 3.04. The summed E-state index contributed by atoms with van der Waals surface area (Å²) in [6.45, 7) is 1.02. The maximum absolute atomic E-state index is 10.3. The van der Waals surface area contributed by atoms with Gasteiger partial charge in [-0.2, -0.15) is 0 Å². The molecule has 0 bridgehead atoms. The number of aryl methyl sites for hydroxylation is 1. The number of aliphatic hydroxyl groups is 1. The number of unbranched alkanes of at least 4 members (excludes halogenated alkanes) is 2. The Morgan fingerprint density at radius 3 is 3.05 bits per heavy atom. The molecule has 1 aliphatic heterocycles. The molecule has 2 rings (SSSR count). The van der Waals surface area contributed by atoms with Crippen molar-refractivity contribution >= 4 is 18.1 Å². The second-order valence-corrected chi connectivity index (χ2v) is 4.51. The number of imidazole rings is 1. The number of hydrogen-bond acceptors (Lipinski definition) is 6. The molecule has 0 saturated heterocycles. The van der Waals surface area contributed by atoms with Gasteiger partial charge in [-0.05, 0) is 19.3 Å². The third-order valence-corrected chi connectivity index (χ3v) is 3.04. The summed E-state index contributed by atoms with van der Waals surface area (Å²) in [5, 5.41) is 23.2. The molecule has 1 aromatic heterocycles. The zero-order valence-corrected chi connectivity index (χ0v) is 13.6. The van der Waals surface area contributed by atoms with Crippen LogP contribution in [0, 0.1) is 0 Å². The fraction of sp³-hybridized carbons (Fsp3) is 0.583. The molecule has 0 aromatic carbocycles. The summed E-state index contributed by atoms with van der Waals surface area (Å²) in [6.07, 6.45) is 4.91. The van der Waals surface area contributed by atoms with Crippen LogP contribution in [0.15, 0.2) is 11.3 Å². The number of aliphatic hydroxyl groups excluding tert-OH is 1. The number of carbonyl (C=O) groups is 1. The fourth-order valence-electron chi connectivity index (χ4n) is 2.10. The SMILES string of the molecule is O=C([O-])CCCCCn1cnc2c1C(O)CN=CN2.[Na+]. The normalized spacial score (nSPS) is 16.8. The van der Waals surface area contributed by atoms with Crippen LogP contribution in [0.25, 0.3) is 0 Å². The molecule has 1 unspecified atom stereocenters. The molecule has 0 radical (unpaired) electrons. The molecule has 1 aliphatic rings. The number of aliphatic imine (C=N–C) groups is 1. The quantitative estimate of drug-likeness (QED) is 0.421. The number of carbonyl (C=O) groups excluding carboxylic acids is 1. The molecule has 0 amide bonds. The molecule has 0 saturated carbocycles. The molecule has 0 spiro atoms. The van der Waals surface area contributed by atoms with Crippen LogP contribution < -0.4 is 40.0 Å². The predicted octanol–water partition coefficient (Wildman–Crippen LogP) is -3.32. The first-order chi connectivity index (χ1) is 9.18. The van der Waals surface area contributed by atoms with E-state index in [1.165, 1.54) is 6.34 Å². The second-order valence-electron chi connectivity index (χ2n) is 4.51. The average Bonchev–Trinajstić information content (AvgIpc) is 2.67. The van der Waals surface area contributed by atoms with E-state index in [9.17, 15) is 15.0 Å². The van der Waals surface area contributed by atoms with Gasteiger partial charge in [0, 0.05) is 12.5 Å². The molecule has 8 heteroatoms. The summed E-state index contributed by atoms with van der Waals surface area (Å²) < 4.78 is 1.89. The van der Waals surface area contributed by atoms with Gasteiger partial charge in [0.15, 0.2) is 5.82 Å². The van der Waals surface area contributed by atoms with Gasteiger partial charge >= 0.3 is 29.6 Å². The number of aromatic nitrogens is 2. The summed E-state index contributed by atoms with van der Waals surface area (Å²) >= 11 is 0. The Hall–Kier alpha value is -0.890. The van der Waals surface area contributed by atoms with E-state index in [0.29, 0.717) is 25.3 Å². The van der Waals surface area contributed by atoms with Gasteiger partial charge in [0.1, 0.15) is 6.10 Å². The van der Waals surface area contributed by atoms with Crippen LogP contribution in [0.3, 0.4) is 0 Å². The van der Waals surface area contributed by atoms with Crippen LogP contribution in [0.1, 0.15) is 37.5 Å². The molecule has 0 fully saturated rings. The Morgan fingerprint density at radius 2 is 2.30 bits per heavy atom. The van der Waals surface area contributed by atoms with Crippen LogP contribution in [0.4, 0.5) is 5.82 Å². The topological polar surface area (TPSA) is 103 Å². The molecule has 2 N–H and O–H groups in total. The van der Waals surface area contributed by atoms with Crippen LogP contribution in [0.5, 0.6) is 0 Å². The van der Waals surface area contributed by atoms with E-state index in [-0.39, 0.29) is 36.0 Å². The first kappa shape index (κ1) is 17.2. The summed E-state index contributed by atoms with van der Waals surface area (Å²) in [4.78, 5) is 18.5. The molecule has 1 atom stereocenters. The Balaban J connectivity index is 0.00000200. The summed E-state index contributed by atoms with van der Waals surface area (Å²) in [5.74, 6) is -0.378. The monoisotopic (exact) mass is 288 g/mol. The first-order valence-corrected chi connectivity index (χ1v) is 6.36. The van der Waals surface area contributed by atoms with Gasteiger partial charge in [0.25, 0.3) is 0 Å². The number of rotatable bonds is 6. The van der Waals surface area contributed by atoms with Crippen LogP contribution in [-0.2, 0) is 11.3 Å². The zero-order chi connectivity index (χ0) is 13.7. The van der Waals surface area contributed by atoms with E-state index >= 15 is 0 Å². The molecular weight excluding hydrogens is 271 g/mol. The minimum absolute atomic E-state index is 0. The first-order valence-electron chi connectivity index (χ1n) is 6.36. The van der Waals surface area contributed by atoms with Gasteiger partial charge in [0.2, 0.25) is 0 Å². The van der Waals surface area contributed by atoms with Crippen molar-refractivity contribution in [2.45, 2.75) is 38.3 Å². The smallest absolute Gasteiger partial charge is 0.550 e. The van der Waals surface area contributed by atoms with Gasteiger partial charge < -0.3 is 24.9 Å². The van der Waals surface area contributed by atoms with Crippen molar-refractivity contribution in [2.24, 2.45) is 4.99 Å². The Labute approximate surface area is 139 Å². The van der Waals surface area contributed by atoms with Gasteiger partial charge in [-0.15, -0.1) is 0 Å². The molecule has 0 aliphatic carbocycles. The maximum atomic E-state index is 10.3. The summed E-state index contributed by atoms with van der Waals surface area (Å²) in [5.41, 5.74) is 0.734. The van der Waals surface area contributed by atoms with Crippen molar-refractivity contribution in [3.8, 4) is 0 Å². The Morgan fingerprint density at radius 1 is 1.50 bits per heavy atom. The maximum Gasteiger partial charge on any atom is 1.00 e. The number of nitrogens with zero attached hydrogens (tertiary/aromatic N) is 3. The summed E-state index contributed by atoms with van der Waals surface area (Å²) in [6, 6.07) is 0. The third kappa shape index (κ3) is 4.59. The zero-order valence-electron chi connectivity index (χ0n) is 11.6. The van der Waals surface area contributed by atoms with Gasteiger partial charge in [-0.25, -0.2) is 4.98 Å². The van der Waals surface area contributed by atoms with Crippen molar-refractivity contribution in [1.82, 2.24) is 9.55 Å².